The number of aliphatic hydroxyl groups is 1. The molecule has 0 atom stereocenters. The maximum absolute atomic E-state index is 8.80. The second-order valence-corrected chi connectivity index (χ2v) is 4.28. The predicted octanol–water partition coefficient (Wildman–Crippen LogP) is 1.35. The van der Waals surface area contributed by atoms with Crippen molar-refractivity contribution in [3.63, 3.8) is 0 Å². The molecule has 3 N–H and O–H groups in total. The summed E-state index contributed by atoms with van der Waals surface area (Å²) in [6, 6.07) is 6.38. The molecule has 0 heterocycles. The molecule has 1 aromatic carbocycles. The Labute approximate surface area is 109 Å². The molecule has 0 bridgehead atoms. The number of nitrogens with one attached hydrogen (secondary N) is 2. The van der Waals surface area contributed by atoms with Crippen molar-refractivity contribution in [1.29, 1.82) is 0 Å². The Bertz CT molecular complexity index is 402. The van der Waals surface area contributed by atoms with E-state index >= 15 is 0 Å². The third-order valence-corrected chi connectivity index (χ3v) is 2.65. The van der Waals surface area contributed by atoms with E-state index in [1.807, 2.05) is 6.92 Å². The lowest BCUT2D eigenvalue weighted by atomic mass is 10.1. The van der Waals surface area contributed by atoms with Crippen LogP contribution in [0.3, 0.4) is 0 Å². The van der Waals surface area contributed by atoms with Crippen molar-refractivity contribution in [2.75, 3.05) is 19.7 Å². The van der Waals surface area contributed by atoms with Gasteiger partial charge < -0.3 is 15.7 Å². The van der Waals surface area contributed by atoms with Crippen LogP contribution in [-0.2, 0) is 6.54 Å². The van der Waals surface area contributed by atoms with Crippen LogP contribution < -0.4 is 10.6 Å². The van der Waals surface area contributed by atoms with E-state index in [-0.39, 0.29) is 6.61 Å². The summed E-state index contributed by atoms with van der Waals surface area (Å²) >= 11 is 0. The molecule has 0 aromatic heterocycles. The molecule has 0 saturated carbocycles. The maximum atomic E-state index is 8.80. The molecule has 100 valence electrons. The maximum Gasteiger partial charge on any atom is 0.191 e. The molecule has 0 unspecified atom stereocenters. The molecule has 0 fully saturated rings. The predicted molar refractivity (Wildman–Crippen MR) is 75.8 cm³/mol. The van der Waals surface area contributed by atoms with Gasteiger partial charge in [-0.25, -0.2) is 4.99 Å². The van der Waals surface area contributed by atoms with Crippen LogP contribution in [0.25, 0.3) is 0 Å². The van der Waals surface area contributed by atoms with E-state index in [0.717, 1.165) is 12.5 Å². The highest BCUT2D eigenvalue weighted by Crippen LogP contribution is 2.11. The highest BCUT2D eigenvalue weighted by Gasteiger charge is 1.99. The summed E-state index contributed by atoms with van der Waals surface area (Å²) in [6.07, 6.45) is 0. The molecule has 0 saturated heterocycles. The van der Waals surface area contributed by atoms with Crippen LogP contribution in [0.4, 0.5) is 0 Å². The molecule has 0 aliphatic heterocycles. The van der Waals surface area contributed by atoms with E-state index in [2.05, 4.69) is 47.7 Å². The van der Waals surface area contributed by atoms with Gasteiger partial charge in [0.2, 0.25) is 0 Å². The van der Waals surface area contributed by atoms with Gasteiger partial charge in [-0.2, -0.15) is 0 Å². The van der Waals surface area contributed by atoms with Crippen LogP contribution in [0.15, 0.2) is 23.2 Å². The van der Waals surface area contributed by atoms with Gasteiger partial charge in [-0.15, -0.1) is 0 Å². The highest BCUT2D eigenvalue weighted by atomic mass is 16.3. The summed E-state index contributed by atoms with van der Waals surface area (Å²) in [6.45, 7) is 8.29. The van der Waals surface area contributed by atoms with Crippen LogP contribution in [0, 0.1) is 13.8 Å². The summed E-state index contributed by atoms with van der Waals surface area (Å²) in [4.78, 5) is 4.50. The standard InChI is InChI=1S/C14H23N3O/c1-4-15-14(16-7-8-18)17-10-13-6-5-11(2)9-12(13)3/h5-6,9,18H,4,7-8,10H2,1-3H3,(H2,15,16,17). The average Bonchev–Trinajstić information content (AvgIpc) is 2.34. The first-order valence-electron chi connectivity index (χ1n) is 6.36. The number of aryl methyl sites for hydroxylation is 2. The molecule has 1 aromatic rings. The van der Waals surface area contributed by atoms with Gasteiger partial charge in [-0.05, 0) is 31.9 Å². The van der Waals surface area contributed by atoms with Crippen molar-refractivity contribution >= 4 is 5.96 Å². The van der Waals surface area contributed by atoms with E-state index in [1.165, 1.54) is 16.7 Å². The lowest BCUT2D eigenvalue weighted by molar-refractivity contribution is 0.300. The Kier molecular flexibility index (Phi) is 6.22. The smallest absolute Gasteiger partial charge is 0.191 e. The van der Waals surface area contributed by atoms with Crippen LogP contribution >= 0.6 is 0 Å². The van der Waals surface area contributed by atoms with E-state index in [0.29, 0.717) is 13.1 Å². The van der Waals surface area contributed by atoms with Crippen LogP contribution in [0.1, 0.15) is 23.6 Å². The minimum Gasteiger partial charge on any atom is -0.395 e. The number of benzene rings is 1. The zero-order valence-corrected chi connectivity index (χ0v) is 11.5. The number of hydrogen-bond acceptors (Lipinski definition) is 2. The normalized spacial score (nSPS) is 11.4. The van der Waals surface area contributed by atoms with E-state index < -0.39 is 0 Å². The third kappa shape index (κ3) is 4.75. The fourth-order valence-corrected chi connectivity index (χ4v) is 1.70. The Morgan fingerprint density at radius 1 is 1.28 bits per heavy atom. The van der Waals surface area contributed by atoms with Gasteiger partial charge in [0.05, 0.1) is 13.2 Å². The SMILES string of the molecule is CCNC(=NCc1ccc(C)cc1C)NCCO. The molecule has 0 spiro atoms. The van der Waals surface area contributed by atoms with Crippen molar-refractivity contribution in [1.82, 2.24) is 10.6 Å². The number of rotatable bonds is 5. The number of aliphatic hydroxyl groups excluding tert-OH is 1. The first-order chi connectivity index (χ1) is 8.67. The van der Waals surface area contributed by atoms with Gasteiger partial charge in [0.1, 0.15) is 0 Å². The average molecular weight is 249 g/mol. The van der Waals surface area contributed by atoms with Crippen molar-refractivity contribution in [3.05, 3.63) is 34.9 Å². The van der Waals surface area contributed by atoms with Crippen LogP contribution in [0.5, 0.6) is 0 Å². The van der Waals surface area contributed by atoms with Crippen LogP contribution in [-0.4, -0.2) is 30.8 Å². The molecule has 4 heteroatoms. The Morgan fingerprint density at radius 2 is 2.06 bits per heavy atom. The summed E-state index contributed by atoms with van der Waals surface area (Å²) in [5.41, 5.74) is 3.75. The van der Waals surface area contributed by atoms with Gasteiger partial charge in [-0.3, -0.25) is 0 Å². The molecule has 4 nitrogen and oxygen atoms in total. The van der Waals surface area contributed by atoms with E-state index in [4.69, 9.17) is 5.11 Å². The highest BCUT2D eigenvalue weighted by molar-refractivity contribution is 5.79. The molecule has 1 rings (SSSR count). The summed E-state index contributed by atoms with van der Waals surface area (Å²) in [5, 5.41) is 15.0. The van der Waals surface area contributed by atoms with Gasteiger partial charge in [-0.1, -0.05) is 23.8 Å². The molecule has 0 aliphatic carbocycles. The van der Waals surface area contributed by atoms with Gasteiger partial charge in [0.25, 0.3) is 0 Å². The Morgan fingerprint density at radius 3 is 2.67 bits per heavy atom. The van der Waals surface area contributed by atoms with E-state index in [9.17, 15) is 0 Å². The Hall–Kier alpha value is -1.55. The first-order valence-corrected chi connectivity index (χ1v) is 6.36. The summed E-state index contributed by atoms with van der Waals surface area (Å²) < 4.78 is 0. The van der Waals surface area contributed by atoms with Gasteiger partial charge >= 0.3 is 0 Å². The second kappa shape index (κ2) is 7.71. The van der Waals surface area contributed by atoms with Gasteiger partial charge in [0.15, 0.2) is 5.96 Å². The summed E-state index contributed by atoms with van der Waals surface area (Å²) in [7, 11) is 0. The lowest BCUT2D eigenvalue weighted by Gasteiger charge is -2.10. The molecular weight excluding hydrogens is 226 g/mol. The largest absolute Gasteiger partial charge is 0.395 e. The molecule has 0 amide bonds. The monoisotopic (exact) mass is 249 g/mol. The number of nitrogens with zero attached hydrogens (tertiary/aromatic N) is 1. The van der Waals surface area contributed by atoms with Crippen molar-refractivity contribution in [2.24, 2.45) is 4.99 Å². The van der Waals surface area contributed by atoms with E-state index in [1.54, 1.807) is 0 Å². The number of guanidine groups is 1. The topological polar surface area (TPSA) is 56.7 Å². The zero-order chi connectivity index (χ0) is 13.4. The fourth-order valence-electron chi connectivity index (χ4n) is 1.70. The quantitative estimate of drug-likeness (QED) is 0.545. The molecule has 0 aliphatic rings. The summed E-state index contributed by atoms with van der Waals surface area (Å²) in [5.74, 6) is 0.742. The van der Waals surface area contributed by atoms with Crippen LogP contribution in [0.2, 0.25) is 0 Å². The number of aliphatic imine (C=N–C) groups is 1. The minimum atomic E-state index is 0.105. The first kappa shape index (κ1) is 14.5. The molecule has 18 heavy (non-hydrogen) atoms. The Balaban J connectivity index is 2.68. The second-order valence-electron chi connectivity index (χ2n) is 4.28. The third-order valence-electron chi connectivity index (χ3n) is 2.65. The zero-order valence-electron chi connectivity index (χ0n) is 11.5. The fraction of sp³-hybridized carbons (Fsp3) is 0.500. The van der Waals surface area contributed by atoms with Crippen molar-refractivity contribution in [3.8, 4) is 0 Å². The number of hydrogen-bond donors (Lipinski definition) is 3. The molecule has 0 radical (unpaired) electrons. The lowest BCUT2D eigenvalue weighted by Crippen LogP contribution is -2.38. The molecular formula is C14H23N3O. The minimum absolute atomic E-state index is 0.105. The van der Waals surface area contributed by atoms with Crippen molar-refractivity contribution in [2.45, 2.75) is 27.3 Å². The van der Waals surface area contributed by atoms with Crippen molar-refractivity contribution < 1.29 is 5.11 Å². The van der Waals surface area contributed by atoms with Gasteiger partial charge in [0, 0.05) is 13.1 Å².